The summed E-state index contributed by atoms with van der Waals surface area (Å²) >= 11 is 0. The van der Waals surface area contributed by atoms with Crippen molar-refractivity contribution in [2.75, 3.05) is 24.5 Å². The van der Waals surface area contributed by atoms with E-state index in [9.17, 15) is 22.8 Å². The minimum absolute atomic E-state index is 0.101. The SMILES string of the molecule is O=C1C(CCCCN[C@@H]2C[C@H]2c2ccc(-c3cccc(OC(F)(F)F)c3)cc2)C(=O)N(c2ccccc2)CCN1Cc1ccccc1. The molecule has 1 saturated heterocycles. The Kier molecular flexibility index (Phi) is 9.92. The van der Waals surface area contributed by atoms with Crippen molar-refractivity contribution in [3.8, 4) is 16.9 Å². The minimum Gasteiger partial charge on any atom is -0.406 e. The fourth-order valence-electron chi connectivity index (χ4n) is 6.37. The summed E-state index contributed by atoms with van der Waals surface area (Å²) in [4.78, 5) is 31.0. The van der Waals surface area contributed by atoms with E-state index in [0.29, 0.717) is 43.6 Å². The molecule has 4 aromatic carbocycles. The molecule has 47 heavy (non-hydrogen) atoms. The first-order chi connectivity index (χ1) is 22.7. The highest BCUT2D eigenvalue weighted by molar-refractivity contribution is 6.08. The lowest BCUT2D eigenvalue weighted by atomic mass is 9.98. The number of ether oxygens (including phenoxy) is 1. The molecule has 6 nitrogen and oxygen atoms in total. The predicted molar refractivity (Wildman–Crippen MR) is 176 cm³/mol. The number of anilines is 1. The van der Waals surface area contributed by atoms with Crippen molar-refractivity contribution in [2.45, 2.75) is 50.6 Å². The molecule has 0 aromatic heterocycles. The van der Waals surface area contributed by atoms with E-state index in [-0.39, 0.29) is 17.6 Å². The standard InChI is InChI=1S/C38H38F3N3O3/c39-38(40,41)47-32-15-9-12-30(24-32)28-17-19-29(20-18-28)34-25-35(34)42-21-8-7-16-33-36(45)43(26-27-10-3-1-4-11-27)22-23-44(37(33)46)31-13-5-2-6-14-31/h1-6,9-15,17-20,24,33-35,42H,7-8,16,21-23,25-26H2/t33?,34-,35+/m0/s1. The Hall–Kier alpha value is -4.63. The maximum absolute atomic E-state index is 13.7. The van der Waals surface area contributed by atoms with E-state index in [2.05, 4.69) is 10.1 Å². The van der Waals surface area contributed by atoms with Gasteiger partial charge in [0.1, 0.15) is 11.7 Å². The molecule has 244 valence electrons. The van der Waals surface area contributed by atoms with Gasteiger partial charge in [-0.3, -0.25) is 9.59 Å². The zero-order chi connectivity index (χ0) is 32.8. The van der Waals surface area contributed by atoms with Crippen LogP contribution in [0.1, 0.15) is 42.7 Å². The zero-order valence-electron chi connectivity index (χ0n) is 26.0. The van der Waals surface area contributed by atoms with E-state index in [0.717, 1.165) is 42.6 Å². The van der Waals surface area contributed by atoms with Gasteiger partial charge in [-0.05, 0) is 72.3 Å². The largest absolute Gasteiger partial charge is 0.573 e. The van der Waals surface area contributed by atoms with Crippen LogP contribution in [0, 0.1) is 5.92 Å². The number of alkyl halides is 3. The third-order valence-corrected chi connectivity index (χ3v) is 8.91. The van der Waals surface area contributed by atoms with Crippen molar-refractivity contribution in [1.82, 2.24) is 10.2 Å². The second kappa shape index (κ2) is 14.4. The van der Waals surface area contributed by atoms with Gasteiger partial charge in [-0.15, -0.1) is 13.2 Å². The topological polar surface area (TPSA) is 61.9 Å². The Labute approximate surface area is 273 Å². The number of hydrogen-bond donors (Lipinski definition) is 1. The molecule has 2 amide bonds. The Balaban J connectivity index is 1.00. The molecular formula is C38H38F3N3O3. The molecule has 2 aliphatic rings. The summed E-state index contributed by atoms with van der Waals surface area (Å²) in [5, 5.41) is 3.62. The maximum atomic E-state index is 13.7. The molecule has 0 bridgehead atoms. The number of hydrogen-bond acceptors (Lipinski definition) is 4. The van der Waals surface area contributed by atoms with Crippen molar-refractivity contribution in [1.29, 1.82) is 0 Å². The fourth-order valence-corrected chi connectivity index (χ4v) is 6.37. The number of nitrogens with one attached hydrogen (secondary N) is 1. The number of para-hydroxylation sites is 1. The van der Waals surface area contributed by atoms with Gasteiger partial charge in [0.25, 0.3) is 0 Å². The quantitative estimate of drug-likeness (QED) is 0.128. The van der Waals surface area contributed by atoms with Crippen LogP contribution in [0.25, 0.3) is 11.1 Å². The van der Waals surface area contributed by atoms with Crippen LogP contribution in [0.2, 0.25) is 0 Å². The van der Waals surface area contributed by atoms with Gasteiger partial charge in [0, 0.05) is 37.3 Å². The first-order valence-electron chi connectivity index (χ1n) is 16.1. The third-order valence-electron chi connectivity index (χ3n) is 8.91. The molecule has 1 aliphatic carbocycles. The highest BCUT2D eigenvalue weighted by atomic mass is 19.4. The maximum Gasteiger partial charge on any atom is 0.573 e. The van der Waals surface area contributed by atoms with Crippen LogP contribution >= 0.6 is 0 Å². The fraction of sp³-hybridized carbons (Fsp3) is 0.316. The number of carbonyl (C=O) groups is 2. The Morgan fingerprint density at radius 2 is 1.49 bits per heavy atom. The van der Waals surface area contributed by atoms with Gasteiger partial charge in [0.05, 0.1) is 0 Å². The van der Waals surface area contributed by atoms with E-state index in [1.807, 2.05) is 89.8 Å². The normalized spacial score (nSPS) is 19.9. The first kappa shape index (κ1) is 32.3. The Bertz CT molecular complexity index is 1650. The molecule has 4 aromatic rings. The monoisotopic (exact) mass is 641 g/mol. The molecule has 2 fully saturated rings. The summed E-state index contributed by atoms with van der Waals surface area (Å²) in [6.45, 7) is 2.21. The van der Waals surface area contributed by atoms with Gasteiger partial charge in [-0.25, -0.2) is 0 Å². The van der Waals surface area contributed by atoms with Gasteiger partial charge in [0.2, 0.25) is 11.8 Å². The summed E-state index contributed by atoms with van der Waals surface area (Å²) < 4.78 is 41.9. The number of unbranched alkanes of at least 4 members (excludes halogenated alkanes) is 1. The number of amides is 2. The second-order valence-electron chi connectivity index (χ2n) is 12.2. The van der Waals surface area contributed by atoms with E-state index >= 15 is 0 Å². The van der Waals surface area contributed by atoms with Crippen LogP contribution in [0.15, 0.2) is 109 Å². The van der Waals surface area contributed by atoms with Gasteiger partial charge >= 0.3 is 6.36 Å². The van der Waals surface area contributed by atoms with E-state index in [1.165, 1.54) is 17.7 Å². The summed E-state index contributed by atoms with van der Waals surface area (Å²) in [6.07, 6.45) is -1.62. The van der Waals surface area contributed by atoms with Crippen LogP contribution in [0.5, 0.6) is 5.75 Å². The summed E-state index contributed by atoms with van der Waals surface area (Å²) in [7, 11) is 0. The van der Waals surface area contributed by atoms with Gasteiger partial charge in [-0.1, -0.05) is 91.3 Å². The van der Waals surface area contributed by atoms with E-state index < -0.39 is 12.3 Å². The molecule has 0 spiro atoms. The van der Waals surface area contributed by atoms with Gasteiger partial charge < -0.3 is 19.9 Å². The number of halogens is 3. The highest BCUT2D eigenvalue weighted by Crippen LogP contribution is 2.41. The molecule has 1 aliphatic heterocycles. The lowest BCUT2D eigenvalue weighted by molar-refractivity contribution is -0.274. The van der Waals surface area contributed by atoms with Crippen LogP contribution in [0.3, 0.4) is 0 Å². The Morgan fingerprint density at radius 1 is 0.766 bits per heavy atom. The average Bonchev–Trinajstić information content (AvgIpc) is 3.86. The predicted octanol–water partition coefficient (Wildman–Crippen LogP) is 7.56. The highest BCUT2D eigenvalue weighted by Gasteiger charge is 2.39. The van der Waals surface area contributed by atoms with Crippen LogP contribution in [0.4, 0.5) is 18.9 Å². The number of nitrogens with zero attached hydrogens (tertiary/aromatic N) is 2. The molecule has 1 heterocycles. The molecule has 9 heteroatoms. The molecular weight excluding hydrogens is 603 g/mol. The van der Waals surface area contributed by atoms with Crippen molar-refractivity contribution in [3.05, 3.63) is 120 Å². The molecule has 1 unspecified atom stereocenters. The van der Waals surface area contributed by atoms with Crippen LogP contribution in [-0.2, 0) is 16.1 Å². The van der Waals surface area contributed by atoms with Crippen molar-refractivity contribution in [3.63, 3.8) is 0 Å². The lowest BCUT2D eigenvalue weighted by Crippen LogP contribution is -2.39. The smallest absolute Gasteiger partial charge is 0.406 e. The first-order valence-corrected chi connectivity index (χ1v) is 16.1. The lowest BCUT2D eigenvalue weighted by Gasteiger charge is -2.23. The summed E-state index contributed by atoms with van der Waals surface area (Å²) in [5.74, 6) is -0.809. The van der Waals surface area contributed by atoms with E-state index in [4.69, 9.17) is 0 Å². The van der Waals surface area contributed by atoms with Gasteiger partial charge in [0.15, 0.2) is 0 Å². The number of rotatable bonds is 12. The molecule has 0 radical (unpaired) electrons. The summed E-state index contributed by atoms with van der Waals surface area (Å²) in [5.41, 5.74) is 4.52. The van der Waals surface area contributed by atoms with Crippen molar-refractivity contribution >= 4 is 17.5 Å². The zero-order valence-corrected chi connectivity index (χ0v) is 26.0. The molecule has 1 saturated carbocycles. The summed E-state index contributed by atoms with van der Waals surface area (Å²) in [6, 6.07) is 33.7. The second-order valence-corrected chi connectivity index (χ2v) is 12.2. The van der Waals surface area contributed by atoms with Crippen LogP contribution < -0.4 is 15.0 Å². The molecule has 1 N–H and O–H groups in total. The molecule has 6 rings (SSSR count). The van der Waals surface area contributed by atoms with E-state index in [1.54, 1.807) is 17.0 Å². The number of carbonyl (C=O) groups excluding carboxylic acids is 2. The average molecular weight is 642 g/mol. The third kappa shape index (κ3) is 8.40. The molecule has 3 atom stereocenters. The minimum atomic E-state index is -4.73. The number of benzene rings is 4. The van der Waals surface area contributed by atoms with Crippen molar-refractivity contribution < 1.29 is 27.5 Å². The van der Waals surface area contributed by atoms with Crippen molar-refractivity contribution in [2.24, 2.45) is 5.92 Å². The van der Waals surface area contributed by atoms with Gasteiger partial charge in [-0.2, -0.15) is 0 Å². The van der Waals surface area contributed by atoms with Crippen LogP contribution in [-0.4, -0.2) is 48.8 Å². The Morgan fingerprint density at radius 3 is 2.21 bits per heavy atom.